The van der Waals surface area contributed by atoms with Crippen LogP contribution in [0.5, 0.6) is 0 Å². The third-order valence-corrected chi connectivity index (χ3v) is 6.11. The number of carbonyl (C=O) groups is 2. The molecule has 0 saturated heterocycles. The van der Waals surface area contributed by atoms with Crippen LogP contribution in [0, 0.1) is 13.8 Å². The highest BCUT2D eigenvalue weighted by Gasteiger charge is 2.16. The molecule has 0 unspecified atom stereocenters. The van der Waals surface area contributed by atoms with Gasteiger partial charge < -0.3 is 15.3 Å². The van der Waals surface area contributed by atoms with Gasteiger partial charge in [-0.15, -0.1) is 0 Å². The predicted molar refractivity (Wildman–Crippen MR) is 130 cm³/mol. The Balaban J connectivity index is 1.70. The molecule has 0 fully saturated rings. The summed E-state index contributed by atoms with van der Waals surface area (Å²) in [5, 5.41) is 17.0. The Morgan fingerprint density at radius 3 is 2.44 bits per heavy atom. The smallest absolute Gasteiger partial charge is 0.337 e. The van der Waals surface area contributed by atoms with Crippen molar-refractivity contribution in [3.8, 4) is 0 Å². The number of aryl methyl sites for hydroxylation is 2. The number of halogens is 1. The molecule has 2 N–H and O–H groups in total. The maximum absolute atomic E-state index is 12.5. The van der Waals surface area contributed by atoms with Gasteiger partial charge in [-0.1, -0.05) is 15.9 Å². The zero-order chi connectivity index (χ0) is 23.4. The largest absolute Gasteiger partial charge is 0.478 e. The number of carboxylic acids is 1. The average molecular weight is 499 g/mol. The van der Waals surface area contributed by atoms with Gasteiger partial charge >= 0.3 is 5.97 Å². The van der Waals surface area contributed by atoms with Gasteiger partial charge in [-0.3, -0.25) is 9.48 Å². The number of hydrogen-bond donors (Lipinski definition) is 2. The molecule has 0 aliphatic heterocycles. The number of nitrogens with one attached hydrogen (secondary N) is 1. The van der Waals surface area contributed by atoms with Crippen LogP contribution < -0.4 is 10.2 Å². The van der Waals surface area contributed by atoms with E-state index in [2.05, 4.69) is 33.3 Å². The SMILES string of the molecule is Cc1nn(C)c(C)c1CCCN(C)c1ccc(NC(=O)c2ccc(Br)cc2)cc1C(=O)O. The van der Waals surface area contributed by atoms with Crippen LogP contribution in [0.4, 0.5) is 11.4 Å². The molecule has 2 aromatic carbocycles. The summed E-state index contributed by atoms with van der Waals surface area (Å²) in [5.41, 5.74) is 5.12. The molecule has 3 rings (SSSR count). The highest BCUT2D eigenvalue weighted by atomic mass is 79.9. The summed E-state index contributed by atoms with van der Waals surface area (Å²) in [7, 11) is 3.82. The van der Waals surface area contributed by atoms with Crippen LogP contribution in [0.2, 0.25) is 0 Å². The first kappa shape index (κ1) is 23.5. The van der Waals surface area contributed by atoms with E-state index in [1.165, 1.54) is 11.6 Å². The minimum absolute atomic E-state index is 0.148. The topological polar surface area (TPSA) is 87.5 Å². The Morgan fingerprint density at radius 1 is 1.16 bits per heavy atom. The summed E-state index contributed by atoms with van der Waals surface area (Å²) in [5.74, 6) is -1.33. The van der Waals surface area contributed by atoms with Gasteiger partial charge in [-0.2, -0.15) is 5.10 Å². The van der Waals surface area contributed by atoms with Crippen molar-refractivity contribution in [1.29, 1.82) is 0 Å². The van der Waals surface area contributed by atoms with Crippen LogP contribution in [0.1, 0.15) is 44.1 Å². The first-order valence-corrected chi connectivity index (χ1v) is 11.1. The molecule has 1 aromatic heterocycles. The van der Waals surface area contributed by atoms with Crippen molar-refractivity contribution in [2.75, 3.05) is 23.8 Å². The fourth-order valence-electron chi connectivity index (χ4n) is 3.72. The molecule has 1 heterocycles. The molecule has 0 aliphatic carbocycles. The normalized spacial score (nSPS) is 10.8. The maximum Gasteiger partial charge on any atom is 0.337 e. The Hall–Kier alpha value is -3.13. The average Bonchev–Trinajstić information content (AvgIpc) is 2.99. The number of rotatable bonds is 8. The minimum Gasteiger partial charge on any atom is -0.478 e. The molecule has 1 amide bonds. The summed E-state index contributed by atoms with van der Waals surface area (Å²) in [6.07, 6.45) is 1.74. The zero-order valence-corrected chi connectivity index (χ0v) is 20.2. The Bertz CT molecular complexity index is 1140. The molecule has 3 aromatic rings. The van der Waals surface area contributed by atoms with Gasteiger partial charge in [-0.05, 0) is 74.7 Å². The number of hydrogen-bond acceptors (Lipinski definition) is 4. The van der Waals surface area contributed by atoms with Gasteiger partial charge in [0.1, 0.15) is 0 Å². The third kappa shape index (κ3) is 5.37. The van der Waals surface area contributed by atoms with E-state index < -0.39 is 5.97 Å². The van der Waals surface area contributed by atoms with Crippen molar-refractivity contribution in [2.45, 2.75) is 26.7 Å². The molecule has 7 nitrogen and oxygen atoms in total. The van der Waals surface area contributed by atoms with Crippen LogP contribution in [-0.4, -0.2) is 40.4 Å². The lowest BCUT2D eigenvalue weighted by atomic mass is 10.1. The van der Waals surface area contributed by atoms with E-state index in [0.29, 0.717) is 23.5 Å². The summed E-state index contributed by atoms with van der Waals surface area (Å²) >= 11 is 3.34. The lowest BCUT2D eigenvalue weighted by Crippen LogP contribution is -2.22. The molecule has 0 spiro atoms. The quantitative estimate of drug-likeness (QED) is 0.464. The molecule has 0 saturated carbocycles. The Kier molecular flexibility index (Phi) is 7.35. The second-order valence-electron chi connectivity index (χ2n) is 7.80. The third-order valence-electron chi connectivity index (χ3n) is 5.58. The predicted octanol–water partition coefficient (Wildman–Crippen LogP) is 4.82. The van der Waals surface area contributed by atoms with Crippen LogP contribution in [0.25, 0.3) is 0 Å². The fourth-order valence-corrected chi connectivity index (χ4v) is 3.98. The molecule has 0 atom stereocenters. The summed E-state index contributed by atoms with van der Waals surface area (Å²) in [6.45, 7) is 4.76. The summed E-state index contributed by atoms with van der Waals surface area (Å²) in [4.78, 5) is 26.3. The van der Waals surface area contributed by atoms with Gasteiger partial charge in [0.05, 0.1) is 16.9 Å². The van der Waals surface area contributed by atoms with E-state index in [-0.39, 0.29) is 11.5 Å². The molecule has 32 heavy (non-hydrogen) atoms. The van der Waals surface area contributed by atoms with Gasteiger partial charge in [0, 0.05) is 42.1 Å². The van der Waals surface area contributed by atoms with E-state index in [4.69, 9.17) is 0 Å². The standard InChI is InChI=1S/C24H27BrN4O3/c1-15-20(16(2)29(4)27-15)6-5-13-28(3)22-12-11-19(14-21(22)24(31)32)26-23(30)17-7-9-18(25)10-8-17/h7-12,14H,5-6,13H2,1-4H3,(H,26,30)(H,31,32). The van der Waals surface area contributed by atoms with E-state index in [0.717, 1.165) is 28.7 Å². The van der Waals surface area contributed by atoms with Crippen LogP contribution in [-0.2, 0) is 13.5 Å². The highest BCUT2D eigenvalue weighted by Crippen LogP contribution is 2.25. The first-order chi connectivity index (χ1) is 15.2. The molecule has 8 heteroatoms. The molecule has 0 bridgehead atoms. The van der Waals surface area contributed by atoms with Crippen molar-refractivity contribution in [3.05, 3.63) is 75.0 Å². The van der Waals surface area contributed by atoms with E-state index >= 15 is 0 Å². The van der Waals surface area contributed by atoms with E-state index in [9.17, 15) is 14.7 Å². The highest BCUT2D eigenvalue weighted by molar-refractivity contribution is 9.10. The van der Waals surface area contributed by atoms with Gasteiger partial charge in [0.25, 0.3) is 5.91 Å². The number of amides is 1. The van der Waals surface area contributed by atoms with E-state index in [1.54, 1.807) is 36.4 Å². The van der Waals surface area contributed by atoms with Crippen molar-refractivity contribution < 1.29 is 14.7 Å². The van der Waals surface area contributed by atoms with Gasteiger partial charge in [-0.25, -0.2) is 4.79 Å². The molecule has 0 aliphatic rings. The van der Waals surface area contributed by atoms with Gasteiger partial charge in [0.15, 0.2) is 0 Å². The molecule has 168 valence electrons. The van der Waals surface area contributed by atoms with Crippen molar-refractivity contribution in [2.24, 2.45) is 7.05 Å². The molecular formula is C24H27BrN4O3. The lowest BCUT2D eigenvalue weighted by Gasteiger charge is -2.22. The second-order valence-corrected chi connectivity index (χ2v) is 8.71. The number of aromatic nitrogens is 2. The lowest BCUT2D eigenvalue weighted by molar-refractivity contribution is 0.0697. The summed E-state index contributed by atoms with van der Waals surface area (Å²) in [6, 6.07) is 11.9. The van der Waals surface area contributed by atoms with E-state index in [1.807, 2.05) is 30.6 Å². The van der Waals surface area contributed by atoms with Crippen LogP contribution in [0.15, 0.2) is 46.9 Å². The molecule has 0 radical (unpaired) electrons. The zero-order valence-electron chi connectivity index (χ0n) is 18.6. The fraction of sp³-hybridized carbons (Fsp3) is 0.292. The van der Waals surface area contributed by atoms with Crippen LogP contribution >= 0.6 is 15.9 Å². The number of aromatic carboxylic acids is 1. The van der Waals surface area contributed by atoms with Crippen molar-refractivity contribution in [3.63, 3.8) is 0 Å². The maximum atomic E-state index is 12.5. The minimum atomic E-state index is -1.04. The van der Waals surface area contributed by atoms with Gasteiger partial charge in [0.2, 0.25) is 0 Å². The number of carboxylic acid groups (broad SMARTS) is 1. The van der Waals surface area contributed by atoms with Crippen molar-refractivity contribution >= 4 is 39.2 Å². The number of carbonyl (C=O) groups excluding carboxylic acids is 1. The van der Waals surface area contributed by atoms with Crippen LogP contribution in [0.3, 0.4) is 0 Å². The Labute approximate surface area is 196 Å². The summed E-state index contributed by atoms with van der Waals surface area (Å²) < 4.78 is 2.77. The van der Waals surface area contributed by atoms with Crippen molar-refractivity contribution in [1.82, 2.24) is 9.78 Å². The number of anilines is 2. The second kappa shape index (κ2) is 9.99. The first-order valence-electron chi connectivity index (χ1n) is 10.3. The Morgan fingerprint density at radius 2 is 1.84 bits per heavy atom. The number of benzene rings is 2. The number of nitrogens with zero attached hydrogens (tertiary/aromatic N) is 3. The monoisotopic (exact) mass is 498 g/mol. The molecular weight excluding hydrogens is 472 g/mol.